The van der Waals surface area contributed by atoms with Crippen molar-refractivity contribution < 1.29 is 14.2 Å². The second kappa shape index (κ2) is 6.27. The molecule has 0 saturated heterocycles. The van der Waals surface area contributed by atoms with Gasteiger partial charge >= 0.3 is 0 Å². The lowest BCUT2D eigenvalue weighted by Crippen LogP contribution is -2.33. The van der Waals surface area contributed by atoms with Gasteiger partial charge in [-0.1, -0.05) is 48.0 Å². The summed E-state index contributed by atoms with van der Waals surface area (Å²) in [6.07, 6.45) is 0.539. The summed E-state index contributed by atoms with van der Waals surface area (Å²) in [5.74, 6) is 2.44. The van der Waals surface area contributed by atoms with Crippen LogP contribution in [0.5, 0.6) is 17.2 Å². The topological polar surface area (TPSA) is 43.3 Å². The Morgan fingerprint density at radius 1 is 0.897 bits per heavy atom. The van der Waals surface area contributed by atoms with Crippen molar-refractivity contribution in [1.29, 1.82) is 0 Å². The lowest BCUT2D eigenvalue weighted by atomic mass is 9.95. The number of fused-ring (bicyclic) bond motifs is 4. The fraction of sp³-hybridized carbons (Fsp3) is 0.208. The zero-order chi connectivity index (χ0) is 19.4. The molecule has 0 bridgehead atoms. The molecule has 0 aliphatic carbocycles. The second-order valence-corrected chi connectivity index (χ2v) is 7.63. The van der Waals surface area contributed by atoms with Crippen LogP contribution < -0.4 is 14.2 Å². The Hall–Kier alpha value is -3.47. The summed E-state index contributed by atoms with van der Waals surface area (Å²) < 4.78 is 17.5. The summed E-state index contributed by atoms with van der Waals surface area (Å²) in [6.45, 7) is 2.36. The quantitative estimate of drug-likeness (QED) is 0.626. The number of para-hydroxylation sites is 1. The Balaban J connectivity index is 1.44. The lowest BCUT2D eigenvalue weighted by Gasteiger charge is -2.38. The van der Waals surface area contributed by atoms with E-state index in [1.165, 1.54) is 11.1 Å². The molecule has 0 spiro atoms. The fourth-order valence-corrected chi connectivity index (χ4v) is 4.24. The first-order valence-electron chi connectivity index (χ1n) is 9.84. The Morgan fingerprint density at radius 3 is 2.62 bits per heavy atom. The summed E-state index contributed by atoms with van der Waals surface area (Å²) in [5, 5.41) is 7.11. The Morgan fingerprint density at radius 2 is 1.72 bits per heavy atom. The molecule has 3 heterocycles. The van der Waals surface area contributed by atoms with E-state index in [1.54, 1.807) is 0 Å². The fourth-order valence-electron chi connectivity index (χ4n) is 4.24. The number of ether oxygens (including phenoxy) is 3. The van der Waals surface area contributed by atoms with Crippen LogP contribution in [0, 0.1) is 6.92 Å². The third kappa shape index (κ3) is 2.65. The maximum Gasteiger partial charge on any atom is 0.231 e. The molecule has 3 aliphatic rings. The molecule has 3 aromatic rings. The third-order valence-corrected chi connectivity index (χ3v) is 5.77. The molecule has 6 rings (SSSR count). The van der Waals surface area contributed by atoms with Gasteiger partial charge in [0.25, 0.3) is 0 Å². The zero-order valence-electron chi connectivity index (χ0n) is 16.0. The highest BCUT2D eigenvalue weighted by Gasteiger charge is 2.41. The summed E-state index contributed by atoms with van der Waals surface area (Å²) in [4.78, 5) is 0. The summed E-state index contributed by atoms with van der Waals surface area (Å²) in [6, 6.07) is 22.9. The highest BCUT2D eigenvalue weighted by Crippen LogP contribution is 2.48. The minimum Gasteiger partial charge on any atom is -0.464 e. The molecule has 0 radical (unpaired) electrons. The van der Waals surface area contributed by atoms with Gasteiger partial charge in [-0.05, 0) is 36.8 Å². The number of benzene rings is 3. The van der Waals surface area contributed by atoms with Crippen LogP contribution in [0.3, 0.4) is 0 Å². The van der Waals surface area contributed by atoms with Crippen molar-refractivity contribution in [3.05, 3.63) is 89.0 Å². The van der Waals surface area contributed by atoms with Crippen molar-refractivity contribution in [3.63, 3.8) is 0 Å². The largest absolute Gasteiger partial charge is 0.464 e. The van der Waals surface area contributed by atoms with E-state index in [2.05, 4.69) is 48.3 Å². The van der Waals surface area contributed by atoms with Gasteiger partial charge in [-0.15, -0.1) is 0 Å². The molecule has 0 amide bonds. The third-order valence-electron chi connectivity index (χ3n) is 5.77. The van der Waals surface area contributed by atoms with Gasteiger partial charge in [-0.25, -0.2) is 5.01 Å². The smallest absolute Gasteiger partial charge is 0.231 e. The average molecular weight is 384 g/mol. The lowest BCUT2D eigenvalue weighted by molar-refractivity contribution is -0.0191. The van der Waals surface area contributed by atoms with Gasteiger partial charge in [0.05, 0.1) is 11.8 Å². The molecule has 2 atom stereocenters. The minimum atomic E-state index is -0.313. The van der Waals surface area contributed by atoms with Crippen LogP contribution in [-0.2, 0) is 0 Å². The van der Waals surface area contributed by atoms with Crippen molar-refractivity contribution >= 4 is 5.71 Å². The van der Waals surface area contributed by atoms with Crippen molar-refractivity contribution in [1.82, 2.24) is 5.01 Å². The van der Waals surface area contributed by atoms with Gasteiger partial charge in [0.1, 0.15) is 5.75 Å². The molecule has 0 saturated carbocycles. The van der Waals surface area contributed by atoms with Gasteiger partial charge in [0.2, 0.25) is 13.0 Å². The van der Waals surface area contributed by atoms with Crippen LogP contribution in [0.25, 0.3) is 0 Å². The van der Waals surface area contributed by atoms with Crippen LogP contribution in [0.1, 0.15) is 40.9 Å². The normalized spacial score (nSPS) is 21.3. The van der Waals surface area contributed by atoms with E-state index in [0.717, 1.165) is 40.5 Å². The number of hydrogen-bond donors (Lipinski definition) is 0. The predicted molar refractivity (Wildman–Crippen MR) is 109 cm³/mol. The monoisotopic (exact) mass is 384 g/mol. The van der Waals surface area contributed by atoms with Crippen molar-refractivity contribution in [3.8, 4) is 17.2 Å². The van der Waals surface area contributed by atoms with Crippen LogP contribution >= 0.6 is 0 Å². The molecule has 3 aromatic carbocycles. The zero-order valence-corrected chi connectivity index (χ0v) is 16.0. The Kier molecular flexibility index (Phi) is 3.57. The summed E-state index contributed by atoms with van der Waals surface area (Å²) in [5.41, 5.74) is 5.67. The van der Waals surface area contributed by atoms with E-state index < -0.39 is 0 Å². The molecular formula is C24H20N2O3. The van der Waals surface area contributed by atoms with E-state index in [0.29, 0.717) is 0 Å². The van der Waals surface area contributed by atoms with Crippen LogP contribution in [-0.4, -0.2) is 17.5 Å². The first kappa shape index (κ1) is 16.5. The van der Waals surface area contributed by atoms with E-state index in [1.807, 2.05) is 30.3 Å². The minimum absolute atomic E-state index is 0.145. The van der Waals surface area contributed by atoms with Gasteiger partial charge in [0, 0.05) is 17.5 Å². The maximum absolute atomic E-state index is 6.42. The molecule has 5 nitrogen and oxygen atoms in total. The predicted octanol–water partition coefficient (Wildman–Crippen LogP) is 4.97. The maximum atomic E-state index is 6.42. The molecule has 0 aromatic heterocycles. The van der Waals surface area contributed by atoms with Gasteiger partial charge in [0.15, 0.2) is 11.5 Å². The van der Waals surface area contributed by atoms with Crippen LogP contribution in [0.4, 0.5) is 0 Å². The van der Waals surface area contributed by atoms with E-state index in [4.69, 9.17) is 19.3 Å². The highest BCUT2D eigenvalue weighted by molar-refractivity contribution is 6.02. The molecule has 5 heteroatoms. The van der Waals surface area contributed by atoms with E-state index in [9.17, 15) is 0 Å². The van der Waals surface area contributed by atoms with Crippen molar-refractivity contribution in [2.75, 3.05) is 6.79 Å². The number of rotatable bonds is 2. The molecule has 0 unspecified atom stereocenters. The average Bonchev–Trinajstić information content (AvgIpc) is 3.40. The number of aryl methyl sites for hydroxylation is 1. The van der Waals surface area contributed by atoms with Gasteiger partial charge < -0.3 is 14.2 Å². The van der Waals surface area contributed by atoms with Crippen molar-refractivity contribution in [2.24, 2.45) is 5.10 Å². The summed E-state index contributed by atoms with van der Waals surface area (Å²) in [7, 11) is 0. The van der Waals surface area contributed by atoms with Crippen molar-refractivity contribution in [2.45, 2.75) is 25.6 Å². The standard InChI is InChI=1S/C24H20N2O3/c1-15-6-8-16(9-7-15)19-13-20-18-4-2-3-5-21(18)29-24(26(20)25-19)17-10-11-22-23(12-17)28-14-27-22/h2-12,20,24H,13-14H2,1H3/t20-,24-/m1/s1. The number of hydrogen-bond acceptors (Lipinski definition) is 5. The van der Waals surface area contributed by atoms with E-state index in [-0.39, 0.29) is 19.1 Å². The highest BCUT2D eigenvalue weighted by atomic mass is 16.7. The first-order valence-corrected chi connectivity index (χ1v) is 9.84. The molecule has 29 heavy (non-hydrogen) atoms. The molecule has 0 N–H and O–H groups in total. The second-order valence-electron chi connectivity index (χ2n) is 7.63. The first-order chi connectivity index (χ1) is 14.3. The van der Waals surface area contributed by atoms with Gasteiger partial charge in [-0.2, -0.15) is 5.10 Å². The van der Waals surface area contributed by atoms with Crippen LogP contribution in [0.2, 0.25) is 0 Å². The molecular weight excluding hydrogens is 364 g/mol. The number of nitrogens with zero attached hydrogens (tertiary/aromatic N) is 2. The SMILES string of the molecule is Cc1ccc(C2=NN3[C@H](C2)c2ccccc2O[C@@H]3c2ccc3c(c2)OCO3)cc1. The molecule has 3 aliphatic heterocycles. The van der Waals surface area contributed by atoms with E-state index >= 15 is 0 Å². The van der Waals surface area contributed by atoms with Crippen LogP contribution in [0.15, 0.2) is 71.8 Å². The molecule has 144 valence electrons. The van der Waals surface area contributed by atoms with Gasteiger partial charge in [-0.3, -0.25) is 0 Å². The number of hydrazone groups is 1. The molecule has 0 fully saturated rings. The summed E-state index contributed by atoms with van der Waals surface area (Å²) >= 11 is 0. The Labute approximate surface area is 169 Å². The Bertz CT molecular complexity index is 1120.